The first-order chi connectivity index (χ1) is 8.70. The number of ether oxygens (including phenoxy) is 1. The average molecular weight is 438 g/mol. The van der Waals surface area contributed by atoms with E-state index in [1.807, 2.05) is 12.1 Å². The molecule has 6 heteroatoms. The fourth-order valence-electron chi connectivity index (χ4n) is 1.81. The molecule has 1 aromatic carbocycles. The predicted octanol–water partition coefficient (Wildman–Crippen LogP) is 3.94. The lowest BCUT2D eigenvalue weighted by Crippen LogP contribution is -2.37. The molecule has 0 N–H and O–H groups in total. The first-order valence-electron chi connectivity index (χ1n) is 5.72. The van der Waals surface area contributed by atoms with Crippen LogP contribution in [-0.2, 0) is 11.3 Å². The maximum absolute atomic E-state index is 12.3. The standard InChI is InChI=1S/C13H13BrINO3/c1-13(2,3)19-12(18)16-6-7-8(14)4-5-9(15)10(7)11(16)17/h4-5H,6H2,1-3H3. The second-order valence-electron chi connectivity index (χ2n) is 5.25. The molecule has 0 fully saturated rings. The Kier molecular flexibility index (Phi) is 3.92. The van der Waals surface area contributed by atoms with E-state index in [9.17, 15) is 9.59 Å². The summed E-state index contributed by atoms with van der Waals surface area (Å²) in [7, 11) is 0. The number of fused-ring (bicyclic) bond motifs is 1. The van der Waals surface area contributed by atoms with Crippen molar-refractivity contribution in [2.24, 2.45) is 0 Å². The van der Waals surface area contributed by atoms with Crippen LogP contribution in [0.3, 0.4) is 0 Å². The Labute approximate surface area is 133 Å². The SMILES string of the molecule is CC(C)(C)OC(=O)N1Cc2c(Br)ccc(I)c2C1=O. The predicted molar refractivity (Wildman–Crippen MR) is 83.0 cm³/mol. The molecule has 19 heavy (non-hydrogen) atoms. The summed E-state index contributed by atoms with van der Waals surface area (Å²) in [6.07, 6.45) is -0.601. The van der Waals surface area contributed by atoms with Gasteiger partial charge in [-0.3, -0.25) is 4.79 Å². The van der Waals surface area contributed by atoms with Crippen LogP contribution in [0.15, 0.2) is 16.6 Å². The van der Waals surface area contributed by atoms with Gasteiger partial charge in [0.2, 0.25) is 0 Å². The first kappa shape index (κ1) is 14.8. The van der Waals surface area contributed by atoms with E-state index in [1.54, 1.807) is 20.8 Å². The molecule has 0 saturated heterocycles. The molecule has 0 bridgehead atoms. The summed E-state index contributed by atoms with van der Waals surface area (Å²) in [5.74, 6) is -0.296. The minimum absolute atomic E-state index is 0.251. The molecule has 1 aliphatic rings. The van der Waals surface area contributed by atoms with Crippen LogP contribution < -0.4 is 0 Å². The molecule has 0 saturated carbocycles. The smallest absolute Gasteiger partial charge is 0.417 e. The van der Waals surface area contributed by atoms with E-state index in [1.165, 1.54) is 0 Å². The second-order valence-corrected chi connectivity index (χ2v) is 7.27. The van der Waals surface area contributed by atoms with Crippen molar-refractivity contribution in [3.05, 3.63) is 31.3 Å². The number of halogens is 2. The zero-order valence-corrected chi connectivity index (χ0v) is 14.5. The normalized spacial score (nSPS) is 14.6. The van der Waals surface area contributed by atoms with Gasteiger partial charge in [-0.05, 0) is 55.5 Å². The minimum atomic E-state index is -0.615. The van der Waals surface area contributed by atoms with Crippen LogP contribution in [0.4, 0.5) is 4.79 Å². The minimum Gasteiger partial charge on any atom is -0.443 e. The Balaban J connectivity index is 2.32. The third-order valence-corrected chi connectivity index (χ3v) is 4.24. The molecular formula is C13H13BrINO3. The Bertz CT molecular complexity index is 566. The van der Waals surface area contributed by atoms with E-state index in [2.05, 4.69) is 38.5 Å². The summed E-state index contributed by atoms with van der Waals surface area (Å²) in [4.78, 5) is 25.5. The fraction of sp³-hybridized carbons (Fsp3) is 0.385. The lowest BCUT2D eigenvalue weighted by atomic mass is 10.1. The van der Waals surface area contributed by atoms with E-state index in [-0.39, 0.29) is 12.5 Å². The fourth-order valence-corrected chi connectivity index (χ4v) is 3.00. The van der Waals surface area contributed by atoms with E-state index < -0.39 is 11.7 Å². The Morgan fingerprint density at radius 1 is 1.42 bits per heavy atom. The lowest BCUT2D eigenvalue weighted by molar-refractivity contribution is 0.0248. The topological polar surface area (TPSA) is 46.6 Å². The molecule has 1 heterocycles. The van der Waals surface area contributed by atoms with Gasteiger partial charge in [0.1, 0.15) is 5.60 Å². The zero-order chi connectivity index (χ0) is 14.4. The summed E-state index contributed by atoms with van der Waals surface area (Å²) in [6.45, 7) is 5.58. The van der Waals surface area contributed by atoms with Gasteiger partial charge in [-0.1, -0.05) is 15.9 Å². The monoisotopic (exact) mass is 437 g/mol. The van der Waals surface area contributed by atoms with E-state index in [0.717, 1.165) is 18.5 Å². The maximum atomic E-state index is 12.3. The van der Waals surface area contributed by atoms with Crippen molar-refractivity contribution in [2.45, 2.75) is 32.9 Å². The number of hydrogen-bond acceptors (Lipinski definition) is 3. The van der Waals surface area contributed by atoms with Gasteiger partial charge < -0.3 is 4.74 Å². The molecule has 2 rings (SSSR count). The van der Waals surface area contributed by atoms with E-state index in [0.29, 0.717) is 5.56 Å². The highest BCUT2D eigenvalue weighted by Gasteiger charge is 2.37. The average Bonchev–Trinajstić information content (AvgIpc) is 2.61. The third-order valence-electron chi connectivity index (χ3n) is 2.59. The largest absolute Gasteiger partial charge is 0.443 e. The van der Waals surface area contributed by atoms with Gasteiger partial charge in [-0.2, -0.15) is 0 Å². The number of imide groups is 1. The van der Waals surface area contributed by atoms with Crippen molar-refractivity contribution in [2.75, 3.05) is 0 Å². The second kappa shape index (κ2) is 5.05. The molecule has 0 aromatic heterocycles. The van der Waals surface area contributed by atoms with Crippen LogP contribution in [0.2, 0.25) is 0 Å². The highest BCUT2D eigenvalue weighted by Crippen LogP contribution is 2.33. The molecule has 0 atom stereocenters. The molecule has 4 nitrogen and oxygen atoms in total. The number of carbonyl (C=O) groups excluding carboxylic acids is 2. The summed E-state index contributed by atoms with van der Waals surface area (Å²) in [6, 6.07) is 3.73. The molecule has 2 amide bonds. The zero-order valence-electron chi connectivity index (χ0n) is 10.8. The van der Waals surface area contributed by atoms with Crippen molar-refractivity contribution in [1.82, 2.24) is 4.90 Å². The quantitative estimate of drug-likeness (QED) is 0.577. The van der Waals surface area contributed by atoms with Crippen LogP contribution in [-0.4, -0.2) is 22.5 Å². The summed E-state index contributed by atoms with van der Waals surface area (Å²) in [5, 5.41) is 0. The number of nitrogens with zero attached hydrogens (tertiary/aromatic N) is 1. The van der Waals surface area contributed by atoms with Crippen LogP contribution in [0.25, 0.3) is 0 Å². The Morgan fingerprint density at radius 2 is 2.05 bits per heavy atom. The number of rotatable bonds is 0. The van der Waals surface area contributed by atoms with Gasteiger partial charge in [0.15, 0.2) is 0 Å². The first-order valence-corrected chi connectivity index (χ1v) is 7.59. The van der Waals surface area contributed by atoms with Gasteiger partial charge in [0.25, 0.3) is 5.91 Å². The molecule has 0 spiro atoms. The van der Waals surface area contributed by atoms with Crippen molar-refractivity contribution >= 4 is 50.5 Å². The molecule has 0 radical (unpaired) electrons. The highest BCUT2D eigenvalue weighted by molar-refractivity contribution is 14.1. The summed E-state index contributed by atoms with van der Waals surface area (Å²) >= 11 is 5.51. The maximum Gasteiger partial charge on any atom is 0.417 e. The molecule has 102 valence electrons. The van der Waals surface area contributed by atoms with Gasteiger partial charge in [-0.25, -0.2) is 9.69 Å². The van der Waals surface area contributed by atoms with Gasteiger partial charge >= 0.3 is 6.09 Å². The number of benzene rings is 1. The molecule has 0 aliphatic carbocycles. The van der Waals surface area contributed by atoms with Crippen LogP contribution >= 0.6 is 38.5 Å². The van der Waals surface area contributed by atoms with Crippen LogP contribution in [0.1, 0.15) is 36.7 Å². The molecular weight excluding hydrogens is 425 g/mol. The number of hydrogen-bond donors (Lipinski definition) is 0. The van der Waals surface area contributed by atoms with Crippen molar-refractivity contribution < 1.29 is 14.3 Å². The van der Waals surface area contributed by atoms with Gasteiger partial charge in [-0.15, -0.1) is 0 Å². The summed E-state index contributed by atoms with van der Waals surface area (Å²) in [5.41, 5.74) is 0.805. The Morgan fingerprint density at radius 3 is 2.58 bits per heavy atom. The summed E-state index contributed by atoms with van der Waals surface area (Å²) < 4.78 is 6.93. The Hall–Kier alpha value is -0.630. The molecule has 1 aromatic rings. The number of amides is 2. The van der Waals surface area contributed by atoms with Crippen LogP contribution in [0, 0.1) is 3.57 Å². The van der Waals surface area contributed by atoms with Crippen LogP contribution in [0.5, 0.6) is 0 Å². The van der Waals surface area contributed by atoms with Gasteiger partial charge in [0, 0.05) is 13.6 Å². The van der Waals surface area contributed by atoms with E-state index >= 15 is 0 Å². The molecule has 1 aliphatic heterocycles. The van der Waals surface area contributed by atoms with Crippen molar-refractivity contribution in [3.8, 4) is 0 Å². The highest BCUT2D eigenvalue weighted by atomic mass is 127. The van der Waals surface area contributed by atoms with Gasteiger partial charge in [0.05, 0.1) is 12.1 Å². The number of carbonyl (C=O) groups is 2. The van der Waals surface area contributed by atoms with E-state index in [4.69, 9.17) is 4.74 Å². The van der Waals surface area contributed by atoms with Crippen molar-refractivity contribution in [3.63, 3.8) is 0 Å². The van der Waals surface area contributed by atoms with Crippen molar-refractivity contribution in [1.29, 1.82) is 0 Å². The third kappa shape index (κ3) is 2.94. The lowest BCUT2D eigenvalue weighted by Gasteiger charge is -2.23. The molecule has 0 unspecified atom stereocenters.